The molecular formula is C10H20N2O3. The normalized spacial score (nSPS) is 10.4. The number of rotatable bonds is 7. The summed E-state index contributed by atoms with van der Waals surface area (Å²) in [4.78, 5) is 23.3. The zero-order valence-electron chi connectivity index (χ0n) is 9.62. The minimum absolute atomic E-state index is 0.118. The molecule has 0 saturated carbocycles. The minimum atomic E-state index is -0.970. The molecule has 0 saturated heterocycles. The summed E-state index contributed by atoms with van der Waals surface area (Å²) in [6.45, 7) is 6.59. The average molecular weight is 216 g/mol. The molecule has 0 heterocycles. The van der Waals surface area contributed by atoms with Gasteiger partial charge in [0.05, 0.1) is 0 Å². The first kappa shape index (κ1) is 13.9. The van der Waals surface area contributed by atoms with Gasteiger partial charge in [0.1, 0.15) is 6.54 Å². The van der Waals surface area contributed by atoms with Gasteiger partial charge in [0.25, 0.3) is 0 Å². The Morgan fingerprint density at radius 3 is 2.40 bits per heavy atom. The van der Waals surface area contributed by atoms with Crippen molar-refractivity contribution in [2.24, 2.45) is 0 Å². The summed E-state index contributed by atoms with van der Waals surface area (Å²) in [5.41, 5.74) is 0. The Bertz CT molecular complexity index is 217. The highest BCUT2D eigenvalue weighted by atomic mass is 16.4. The molecule has 15 heavy (non-hydrogen) atoms. The lowest BCUT2D eigenvalue weighted by Crippen LogP contribution is -2.37. The number of carboxylic acid groups (broad SMARTS) is 1. The van der Waals surface area contributed by atoms with Gasteiger partial charge in [-0.25, -0.2) is 0 Å². The number of aliphatic carboxylic acids is 1. The van der Waals surface area contributed by atoms with Gasteiger partial charge in [-0.15, -0.1) is 0 Å². The van der Waals surface area contributed by atoms with Gasteiger partial charge < -0.3 is 15.3 Å². The summed E-state index contributed by atoms with van der Waals surface area (Å²) in [6.07, 6.45) is 0.347. The molecule has 0 aliphatic heterocycles. The predicted molar refractivity (Wildman–Crippen MR) is 57.6 cm³/mol. The summed E-state index contributed by atoms with van der Waals surface area (Å²) in [6, 6.07) is 0.340. The molecule has 0 unspecified atom stereocenters. The van der Waals surface area contributed by atoms with Gasteiger partial charge in [-0.3, -0.25) is 9.59 Å². The molecule has 1 amide bonds. The summed E-state index contributed by atoms with van der Waals surface area (Å²) in [7, 11) is 0. The molecule has 0 atom stereocenters. The van der Waals surface area contributed by atoms with Crippen LogP contribution in [0.1, 0.15) is 27.2 Å². The van der Waals surface area contributed by atoms with Crippen LogP contribution in [0.2, 0.25) is 0 Å². The molecule has 0 aromatic carbocycles. The number of nitrogens with zero attached hydrogens (tertiary/aromatic N) is 1. The maximum absolute atomic E-state index is 11.5. The second-order valence-electron chi connectivity index (χ2n) is 3.66. The van der Waals surface area contributed by atoms with E-state index in [2.05, 4.69) is 5.32 Å². The van der Waals surface area contributed by atoms with Gasteiger partial charge in [-0.1, -0.05) is 13.8 Å². The fourth-order valence-electron chi connectivity index (χ4n) is 1.17. The van der Waals surface area contributed by atoms with Crippen molar-refractivity contribution in [2.75, 3.05) is 19.6 Å². The van der Waals surface area contributed by atoms with Crippen molar-refractivity contribution in [3.63, 3.8) is 0 Å². The highest BCUT2D eigenvalue weighted by Crippen LogP contribution is 1.94. The molecule has 2 N–H and O–H groups in total. The lowest BCUT2D eigenvalue weighted by Gasteiger charge is -2.18. The Balaban J connectivity index is 3.88. The highest BCUT2D eigenvalue weighted by Gasteiger charge is 2.13. The van der Waals surface area contributed by atoms with Crippen molar-refractivity contribution in [1.82, 2.24) is 10.2 Å². The van der Waals surface area contributed by atoms with E-state index in [0.29, 0.717) is 25.6 Å². The number of hydrogen-bond donors (Lipinski definition) is 2. The lowest BCUT2D eigenvalue weighted by molar-refractivity contribution is -0.144. The minimum Gasteiger partial charge on any atom is -0.480 e. The van der Waals surface area contributed by atoms with Crippen molar-refractivity contribution < 1.29 is 14.7 Å². The first-order chi connectivity index (χ1) is 6.97. The molecule has 0 radical (unpaired) electrons. The molecule has 5 nitrogen and oxygen atoms in total. The molecule has 0 aromatic heterocycles. The molecule has 0 aliphatic carbocycles. The maximum Gasteiger partial charge on any atom is 0.323 e. The summed E-state index contributed by atoms with van der Waals surface area (Å²) < 4.78 is 0. The van der Waals surface area contributed by atoms with Gasteiger partial charge in [-0.2, -0.15) is 0 Å². The number of carboxylic acids is 1. The van der Waals surface area contributed by atoms with E-state index in [-0.39, 0.29) is 12.5 Å². The first-order valence-electron chi connectivity index (χ1n) is 5.20. The fourth-order valence-corrected chi connectivity index (χ4v) is 1.17. The van der Waals surface area contributed by atoms with Gasteiger partial charge in [0, 0.05) is 25.6 Å². The Kier molecular flexibility index (Phi) is 6.70. The second kappa shape index (κ2) is 7.23. The van der Waals surface area contributed by atoms with E-state index in [1.54, 1.807) is 6.92 Å². The van der Waals surface area contributed by atoms with Crippen LogP contribution in [0.25, 0.3) is 0 Å². The van der Waals surface area contributed by atoms with Crippen molar-refractivity contribution in [1.29, 1.82) is 0 Å². The van der Waals surface area contributed by atoms with E-state index in [0.717, 1.165) is 0 Å². The maximum atomic E-state index is 11.5. The smallest absolute Gasteiger partial charge is 0.323 e. The lowest BCUT2D eigenvalue weighted by atomic mass is 10.3. The Morgan fingerprint density at radius 2 is 2.00 bits per heavy atom. The largest absolute Gasteiger partial charge is 0.480 e. The van der Waals surface area contributed by atoms with E-state index >= 15 is 0 Å². The monoisotopic (exact) mass is 216 g/mol. The molecule has 5 heteroatoms. The number of amides is 1. The molecule has 0 aliphatic rings. The van der Waals surface area contributed by atoms with Gasteiger partial charge in [-0.05, 0) is 6.92 Å². The third-order valence-corrected chi connectivity index (χ3v) is 1.95. The Labute approximate surface area is 90.5 Å². The van der Waals surface area contributed by atoms with Crippen molar-refractivity contribution >= 4 is 11.9 Å². The summed E-state index contributed by atoms with van der Waals surface area (Å²) in [5.74, 6) is -1.09. The van der Waals surface area contributed by atoms with E-state index in [4.69, 9.17) is 5.11 Å². The number of carbonyl (C=O) groups excluding carboxylic acids is 1. The van der Waals surface area contributed by atoms with Crippen molar-refractivity contribution in [3.05, 3.63) is 0 Å². The first-order valence-corrected chi connectivity index (χ1v) is 5.20. The van der Waals surface area contributed by atoms with Crippen molar-refractivity contribution in [3.8, 4) is 0 Å². The highest BCUT2D eigenvalue weighted by molar-refractivity contribution is 5.81. The molecule has 0 aromatic rings. The van der Waals surface area contributed by atoms with Gasteiger partial charge in [0.15, 0.2) is 0 Å². The standard InChI is InChI=1S/C10H20N2O3/c1-4-12(7-10(14)15)9(13)5-6-11-8(2)3/h8,11H,4-7H2,1-3H3,(H,14,15). The summed E-state index contributed by atoms with van der Waals surface area (Å²) in [5, 5.41) is 11.7. The van der Waals surface area contributed by atoms with Crippen LogP contribution in [0.4, 0.5) is 0 Å². The van der Waals surface area contributed by atoms with Crippen LogP contribution in [0.15, 0.2) is 0 Å². The third kappa shape index (κ3) is 6.90. The molecule has 0 spiro atoms. The van der Waals surface area contributed by atoms with E-state index < -0.39 is 5.97 Å². The molecule has 0 bridgehead atoms. The van der Waals surface area contributed by atoms with Gasteiger partial charge in [0.2, 0.25) is 5.91 Å². The zero-order chi connectivity index (χ0) is 11.8. The van der Waals surface area contributed by atoms with Crippen LogP contribution < -0.4 is 5.32 Å². The number of carbonyl (C=O) groups is 2. The quantitative estimate of drug-likeness (QED) is 0.642. The van der Waals surface area contributed by atoms with Crippen LogP contribution >= 0.6 is 0 Å². The number of likely N-dealkylation sites (N-methyl/N-ethyl adjacent to an activating group) is 1. The van der Waals surface area contributed by atoms with Gasteiger partial charge >= 0.3 is 5.97 Å². The number of hydrogen-bond acceptors (Lipinski definition) is 3. The Morgan fingerprint density at radius 1 is 1.40 bits per heavy atom. The molecule has 88 valence electrons. The van der Waals surface area contributed by atoms with Crippen LogP contribution in [0.5, 0.6) is 0 Å². The topological polar surface area (TPSA) is 69.6 Å². The zero-order valence-corrected chi connectivity index (χ0v) is 9.62. The molecule has 0 fully saturated rings. The third-order valence-electron chi connectivity index (χ3n) is 1.95. The Hall–Kier alpha value is -1.10. The fraction of sp³-hybridized carbons (Fsp3) is 0.800. The summed E-state index contributed by atoms with van der Waals surface area (Å²) >= 11 is 0. The van der Waals surface area contributed by atoms with Crippen molar-refractivity contribution in [2.45, 2.75) is 33.2 Å². The van der Waals surface area contributed by atoms with Crippen LogP contribution in [0, 0.1) is 0 Å². The van der Waals surface area contributed by atoms with E-state index in [9.17, 15) is 9.59 Å². The predicted octanol–water partition coefficient (Wildman–Crippen LogP) is 0.308. The van der Waals surface area contributed by atoms with Crippen LogP contribution in [-0.2, 0) is 9.59 Å². The number of nitrogens with one attached hydrogen (secondary N) is 1. The SMILES string of the molecule is CCN(CC(=O)O)C(=O)CCNC(C)C. The average Bonchev–Trinajstić information content (AvgIpc) is 2.13. The second-order valence-corrected chi connectivity index (χ2v) is 3.66. The van der Waals surface area contributed by atoms with Crippen LogP contribution in [0.3, 0.4) is 0 Å². The van der Waals surface area contributed by atoms with E-state index in [1.165, 1.54) is 4.90 Å². The molecule has 0 rings (SSSR count). The van der Waals surface area contributed by atoms with E-state index in [1.807, 2.05) is 13.8 Å². The molecular weight excluding hydrogens is 196 g/mol. The van der Waals surface area contributed by atoms with Crippen LogP contribution in [-0.4, -0.2) is 47.6 Å².